The van der Waals surface area contributed by atoms with Crippen LogP contribution in [0.1, 0.15) is 155 Å². The van der Waals surface area contributed by atoms with Gasteiger partial charge in [0.15, 0.2) is 6.10 Å². The number of hydrogen-bond acceptors (Lipinski definition) is 6. The number of esters is 2. The van der Waals surface area contributed by atoms with E-state index in [0.717, 1.165) is 32.1 Å². The van der Waals surface area contributed by atoms with Gasteiger partial charge in [-0.1, -0.05) is 146 Å². The summed E-state index contributed by atoms with van der Waals surface area (Å²) in [5.41, 5.74) is 0. The van der Waals surface area contributed by atoms with Gasteiger partial charge >= 0.3 is 11.9 Å². The standard InChI is InChI=1S/C38H66O6/c1-3-5-7-9-11-13-14-15-17-19-23-28-32-38(42)44-36(33-39)34-43-37(41)31-27-24-20-22-26-30-35(40)29-25-21-18-16-12-10-8-6-4-2/h12,16,20-22,25-26,30,35-36,39-40H,3-11,13-15,17-19,23-24,27-29,31-34H2,1-2H3/b16-12-,22-20+,25-21-,30-26-/t35?,36-/m0/s1. The van der Waals surface area contributed by atoms with Crippen molar-refractivity contribution in [2.24, 2.45) is 0 Å². The Hall–Kier alpha value is -2.18. The van der Waals surface area contributed by atoms with Crippen LogP contribution in [-0.4, -0.2) is 47.6 Å². The first kappa shape index (κ1) is 41.8. The highest BCUT2D eigenvalue weighted by Crippen LogP contribution is 2.13. The van der Waals surface area contributed by atoms with E-state index in [4.69, 9.17) is 9.47 Å². The van der Waals surface area contributed by atoms with Crippen LogP contribution in [0.25, 0.3) is 0 Å². The Bertz CT molecular complexity index is 769. The minimum atomic E-state index is -0.818. The van der Waals surface area contributed by atoms with E-state index >= 15 is 0 Å². The molecule has 0 fully saturated rings. The Morgan fingerprint density at radius 2 is 1.20 bits per heavy atom. The first-order valence-corrected chi connectivity index (χ1v) is 17.8. The third-order valence-corrected chi connectivity index (χ3v) is 7.46. The Labute approximate surface area is 270 Å². The number of allylic oxidation sites excluding steroid dienone is 6. The second kappa shape index (κ2) is 33.7. The smallest absolute Gasteiger partial charge is 0.306 e. The molecule has 0 aliphatic carbocycles. The van der Waals surface area contributed by atoms with Gasteiger partial charge in [-0.25, -0.2) is 0 Å². The zero-order chi connectivity index (χ0) is 32.4. The van der Waals surface area contributed by atoms with Crippen LogP contribution in [0.4, 0.5) is 0 Å². The number of rotatable bonds is 31. The van der Waals surface area contributed by atoms with Crippen molar-refractivity contribution in [2.45, 2.75) is 167 Å². The van der Waals surface area contributed by atoms with Gasteiger partial charge in [0.25, 0.3) is 0 Å². The molecule has 0 amide bonds. The normalized spacial score (nSPS) is 13.5. The van der Waals surface area contributed by atoms with Crippen LogP contribution in [0, 0.1) is 0 Å². The highest BCUT2D eigenvalue weighted by molar-refractivity contribution is 5.70. The van der Waals surface area contributed by atoms with Crippen molar-refractivity contribution in [3.63, 3.8) is 0 Å². The zero-order valence-electron chi connectivity index (χ0n) is 28.3. The minimum Gasteiger partial charge on any atom is -0.462 e. The van der Waals surface area contributed by atoms with E-state index in [0.29, 0.717) is 25.7 Å². The van der Waals surface area contributed by atoms with Crippen LogP contribution >= 0.6 is 0 Å². The molecule has 254 valence electrons. The lowest BCUT2D eigenvalue weighted by Gasteiger charge is -2.15. The van der Waals surface area contributed by atoms with Crippen LogP contribution in [0.2, 0.25) is 0 Å². The zero-order valence-corrected chi connectivity index (χ0v) is 28.3. The van der Waals surface area contributed by atoms with Gasteiger partial charge < -0.3 is 19.7 Å². The number of carbonyl (C=O) groups is 2. The van der Waals surface area contributed by atoms with Crippen LogP contribution < -0.4 is 0 Å². The molecule has 2 atom stereocenters. The molecule has 0 spiro atoms. The monoisotopic (exact) mass is 618 g/mol. The van der Waals surface area contributed by atoms with E-state index in [1.54, 1.807) is 6.08 Å². The van der Waals surface area contributed by atoms with Gasteiger partial charge in [-0.15, -0.1) is 0 Å². The number of carbonyl (C=O) groups excluding carboxylic acids is 2. The first-order chi connectivity index (χ1) is 21.5. The van der Waals surface area contributed by atoms with E-state index in [1.807, 2.05) is 24.3 Å². The van der Waals surface area contributed by atoms with Crippen LogP contribution in [0.15, 0.2) is 48.6 Å². The fourth-order valence-corrected chi connectivity index (χ4v) is 4.68. The molecule has 0 bridgehead atoms. The lowest BCUT2D eigenvalue weighted by atomic mass is 10.0. The lowest BCUT2D eigenvalue weighted by molar-refractivity contribution is -0.161. The highest BCUT2D eigenvalue weighted by Gasteiger charge is 2.16. The molecule has 0 aromatic heterocycles. The fraction of sp³-hybridized carbons (Fsp3) is 0.737. The minimum absolute atomic E-state index is 0.125. The number of aliphatic hydroxyl groups excluding tert-OH is 2. The maximum Gasteiger partial charge on any atom is 0.306 e. The molecule has 0 rings (SSSR count). The molecule has 0 saturated carbocycles. The van der Waals surface area contributed by atoms with Gasteiger partial charge in [-0.2, -0.15) is 0 Å². The Morgan fingerprint density at radius 3 is 1.86 bits per heavy atom. The largest absolute Gasteiger partial charge is 0.462 e. The summed E-state index contributed by atoms with van der Waals surface area (Å²) in [4.78, 5) is 24.1. The first-order valence-electron chi connectivity index (χ1n) is 17.8. The molecule has 44 heavy (non-hydrogen) atoms. The van der Waals surface area contributed by atoms with E-state index in [1.165, 1.54) is 77.0 Å². The quantitative estimate of drug-likeness (QED) is 0.0348. The molecule has 0 heterocycles. The SMILES string of the molecule is CCCCC/C=C\C/C=C\CC(O)/C=C\C=C\CCCC(=O)OC[C@H](CO)OC(=O)CCCCCCCCCCCCCC. The van der Waals surface area contributed by atoms with Crippen LogP contribution in [0.5, 0.6) is 0 Å². The topological polar surface area (TPSA) is 93.1 Å². The van der Waals surface area contributed by atoms with E-state index in [-0.39, 0.29) is 31.6 Å². The molecule has 0 saturated heterocycles. The molecule has 0 aliphatic rings. The number of aliphatic hydroxyl groups is 2. The van der Waals surface area contributed by atoms with E-state index in [2.05, 4.69) is 32.1 Å². The van der Waals surface area contributed by atoms with E-state index < -0.39 is 12.2 Å². The lowest BCUT2D eigenvalue weighted by Crippen LogP contribution is -2.28. The van der Waals surface area contributed by atoms with Gasteiger partial charge in [0, 0.05) is 12.8 Å². The molecule has 0 aromatic carbocycles. The van der Waals surface area contributed by atoms with E-state index in [9.17, 15) is 19.8 Å². The maximum absolute atomic E-state index is 12.1. The van der Waals surface area contributed by atoms with Crippen LogP contribution in [0.3, 0.4) is 0 Å². The average Bonchev–Trinajstić information content (AvgIpc) is 3.02. The summed E-state index contributed by atoms with van der Waals surface area (Å²) in [6.45, 7) is 3.96. The Morgan fingerprint density at radius 1 is 0.636 bits per heavy atom. The third kappa shape index (κ3) is 31.3. The second-order valence-electron chi connectivity index (χ2n) is 11.8. The predicted molar refractivity (Wildman–Crippen MR) is 183 cm³/mol. The number of hydrogen-bond donors (Lipinski definition) is 2. The van der Waals surface area contributed by atoms with Gasteiger partial charge in [-0.3, -0.25) is 9.59 Å². The summed E-state index contributed by atoms with van der Waals surface area (Å²) in [6.07, 6.45) is 37.6. The molecular formula is C38H66O6. The van der Waals surface area contributed by atoms with Gasteiger partial charge in [-0.05, 0) is 44.9 Å². The van der Waals surface area contributed by atoms with Gasteiger partial charge in [0.1, 0.15) is 6.61 Å². The molecule has 0 aliphatic heterocycles. The molecule has 0 radical (unpaired) electrons. The van der Waals surface area contributed by atoms with Crippen LogP contribution in [-0.2, 0) is 19.1 Å². The molecule has 6 heteroatoms. The van der Waals surface area contributed by atoms with Crippen molar-refractivity contribution < 1.29 is 29.3 Å². The molecule has 0 aromatic rings. The number of unbranched alkanes of at least 4 members (excludes halogenated alkanes) is 15. The summed E-state index contributed by atoms with van der Waals surface area (Å²) in [5.74, 6) is -0.723. The van der Waals surface area contributed by atoms with Crippen molar-refractivity contribution in [2.75, 3.05) is 13.2 Å². The fourth-order valence-electron chi connectivity index (χ4n) is 4.68. The average molecular weight is 619 g/mol. The van der Waals surface area contributed by atoms with Crippen molar-refractivity contribution >= 4 is 11.9 Å². The summed E-state index contributed by atoms with van der Waals surface area (Å²) >= 11 is 0. The molecule has 1 unspecified atom stereocenters. The van der Waals surface area contributed by atoms with Crippen molar-refractivity contribution in [1.29, 1.82) is 0 Å². The summed E-state index contributed by atoms with van der Waals surface area (Å²) in [7, 11) is 0. The Kier molecular flexibility index (Phi) is 32.0. The second-order valence-corrected chi connectivity index (χ2v) is 11.8. The summed E-state index contributed by atoms with van der Waals surface area (Å²) < 4.78 is 10.5. The highest BCUT2D eigenvalue weighted by atomic mass is 16.6. The summed E-state index contributed by atoms with van der Waals surface area (Å²) in [6, 6.07) is 0. The third-order valence-electron chi connectivity index (χ3n) is 7.46. The number of ether oxygens (including phenoxy) is 2. The van der Waals surface area contributed by atoms with Crippen molar-refractivity contribution in [1.82, 2.24) is 0 Å². The molecule has 2 N–H and O–H groups in total. The maximum atomic E-state index is 12.1. The van der Waals surface area contributed by atoms with Gasteiger partial charge in [0.2, 0.25) is 0 Å². The van der Waals surface area contributed by atoms with Crippen molar-refractivity contribution in [3.05, 3.63) is 48.6 Å². The van der Waals surface area contributed by atoms with Crippen molar-refractivity contribution in [3.8, 4) is 0 Å². The molecule has 6 nitrogen and oxygen atoms in total. The predicted octanol–water partition coefficient (Wildman–Crippen LogP) is 9.64. The molecular weight excluding hydrogens is 552 g/mol. The van der Waals surface area contributed by atoms with Gasteiger partial charge in [0.05, 0.1) is 12.7 Å². The Balaban J connectivity index is 3.79. The summed E-state index contributed by atoms with van der Waals surface area (Å²) in [5, 5.41) is 19.5.